The molecular weight excluding hydrogens is 260 g/mol. The smallest absolute Gasteiger partial charge is 0.0905 e. The molecule has 1 aromatic carbocycles. The lowest BCUT2D eigenvalue weighted by Crippen LogP contribution is -2.08. The molecule has 0 saturated carbocycles. The van der Waals surface area contributed by atoms with Crippen LogP contribution in [0.1, 0.15) is 12.8 Å². The molecule has 0 heterocycles. The van der Waals surface area contributed by atoms with Crippen molar-refractivity contribution in [2.75, 3.05) is 5.75 Å². The van der Waals surface area contributed by atoms with Gasteiger partial charge in [0.15, 0.2) is 0 Å². The van der Waals surface area contributed by atoms with Crippen molar-refractivity contribution in [3.8, 4) is 0 Å². The first-order valence-electron chi connectivity index (χ1n) is 4.40. The second-order valence-corrected chi connectivity index (χ2v) is 4.90. The lowest BCUT2D eigenvalue weighted by molar-refractivity contribution is 0.988. The summed E-state index contributed by atoms with van der Waals surface area (Å²) in [5, 5.41) is 7.08. The van der Waals surface area contributed by atoms with Crippen LogP contribution in [-0.4, -0.2) is 11.6 Å². The average Bonchev–Trinajstić information content (AvgIpc) is 2.15. The number of rotatable bonds is 5. The minimum Gasteiger partial charge on any atom is -0.388 e. The van der Waals surface area contributed by atoms with Gasteiger partial charge in [0.1, 0.15) is 0 Å². The minimum absolute atomic E-state index is 0.276. The third kappa shape index (κ3) is 4.15. The molecule has 0 aliphatic carbocycles. The molecule has 0 aliphatic heterocycles. The van der Waals surface area contributed by atoms with E-state index >= 15 is 0 Å². The summed E-state index contributed by atoms with van der Waals surface area (Å²) in [5.41, 5.74) is 5.27. The summed E-state index contributed by atoms with van der Waals surface area (Å²) >= 11 is 5.28. The second-order valence-electron chi connectivity index (χ2n) is 2.91. The van der Waals surface area contributed by atoms with E-state index in [1.807, 2.05) is 18.2 Å². The van der Waals surface area contributed by atoms with Crippen LogP contribution >= 0.6 is 27.7 Å². The highest BCUT2D eigenvalue weighted by Gasteiger charge is 1.98. The van der Waals surface area contributed by atoms with Crippen LogP contribution in [0.4, 0.5) is 0 Å². The van der Waals surface area contributed by atoms with Crippen LogP contribution in [0.2, 0.25) is 0 Å². The van der Waals surface area contributed by atoms with Gasteiger partial charge in [0.2, 0.25) is 0 Å². The molecule has 0 spiro atoms. The highest BCUT2D eigenvalue weighted by atomic mass is 79.9. The zero-order valence-corrected chi connectivity index (χ0v) is 10.2. The van der Waals surface area contributed by atoms with Crippen molar-refractivity contribution in [2.45, 2.75) is 17.7 Å². The van der Waals surface area contributed by atoms with E-state index in [4.69, 9.17) is 11.1 Å². The number of hydrogen-bond donors (Lipinski definition) is 2. The maximum absolute atomic E-state index is 7.08. The van der Waals surface area contributed by atoms with Crippen LogP contribution in [0.3, 0.4) is 0 Å². The first-order chi connectivity index (χ1) is 6.70. The first kappa shape index (κ1) is 11.6. The lowest BCUT2D eigenvalue weighted by Gasteiger charge is -2.03. The molecule has 0 fully saturated rings. The Morgan fingerprint density at radius 2 is 2.14 bits per heavy atom. The van der Waals surface area contributed by atoms with E-state index in [9.17, 15) is 0 Å². The van der Waals surface area contributed by atoms with Crippen LogP contribution in [0.5, 0.6) is 0 Å². The molecule has 0 atom stereocenters. The zero-order chi connectivity index (χ0) is 10.4. The standard InChI is InChI=1S/C10H13BrN2S/c11-8-4-1-2-5-9(8)14-7-3-6-10(12)13/h1-2,4-5H,3,6-7H2,(H3,12,13). The first-order valence-corrected chi connectivity index (χ1v) is 6.18. The molecule has 0 aromatic heterocycles. The largest absolute Gasteiger partial charge is 0.388 e. The second kappa shape index (κ2) is 6.09. The van der Waals surface area contributed by atoms with Crippen LogP contribution in [0.15, 0.2) is 33.6 Å². The number of thioether (sulfide) groups is 1. The van der Waals surface area contributed by atoms with Gasteiger partial charge in [-0.15, -0.1) is 11.8 Å². The number of hydrogen-bond acceptors (Lipinski definition) is 2. The van der Waals surface area contributed by atoms with Gasteiger partial charge < -0.3 is 5.73 Å². The molecule has 4 heteroatoms. The number of amidine groups is 1. The van der Waals surface area contributed by atoms with E-state index in [0.29, 0.717) is 6.42 Å². The van der Waals surface area contributed by atoms with Gasteiger partial charge in [-0.05, 0) is 40.2 Å². The molecule has 3 N–H and O–H groups in total. The number of nitrogens with one attached hydrogen (secondary N) is 1. The van der Waals surface area contributed by atoms with Gasteiger partial charge in [0.05, 0.1) is 5.84 Å². The predicted octanol–water partition coefficient (Wildman–Crippen LogP) is 3.26. The van der Waals surface area contributed by atoms with Gasteiger partial charge in [-0.3, -0.25) is 5.41 Å². The molecule has 0 amide bonds. The maximum atomic E-state index is 7.08. The number of halogens is 1. The maximum Gasteiger partial charge on any atom is 0.0905 e. The third-order valence-electron chi connectivity index (χ3n) is 1.68. The van der Waals surface area contributed by atoms with Crippen molar-refractivity contribution in [2.24, 2.45) is 5.73 Å². The molecule has 0 saturated heterocycles. The number of benzene rings is 1. The van der Waals surface area contributed by atoms with Gasteiger partial charge in [-0.1, -0.05) is 12.1 Å². The molecule has 2 nitrogen and oxygen atoms in total. The fourth-order valence-corrected chi connectivity index (χ4v) is 2.52. The SMILES string of the molecule is N=C(N)CCCSc1ccccc1Br. The van der Waals surface area contributed by atoms with Crippen molar-refractivity contribution in [3.63, 3.8) is 0 Å². The summed E-state index contributed by atoms with van der Waals surface area (Å²) in [6.07, 6.45) is 1.65. The Kier molecular flexibility index (Phi) is 5.04. The highest BCUT2D eigenvalue weighted by molar-refractivity contribution is 9.10. The Balaban J connectivity index is 2.31. The molecular formula is C10H13BrN2S. The normalized spacial score (nSPS) is 10.1. The summed E-state index contributed by atoms with van der Waals surface area (Å²) in [6.45, 7) is 0. The third-order valence-corrected chi connectivity index (χ3v) is 3.80. The monoisotopic (exact) mass is 272 g/mol. The summed E-state index contributed by atoms with van der Waals surface area (Å²) in [4.78, 5) is 1.25. The topological polar surface area (TPSA) is 49.9 Å². The summed E-state index contributed by atoms with van der Waals surface area (Å²) in [7, 11) is 0. The fourth-order valence-electron chi connectivity index (χ4n) is 1.01. The Labute approximate surface area is 96.9 Å². The Bertz CT molecular complexity index is 315. The Morgan fingerprint density at radius 1 is 1.43 bits per heavy atom. The predicted molar refractivity (Wildman–Crippen MR) is 66.0 cm³/mol. The summed E-state index contributed by atoms with van der Waals surface area (Å²) in [6, 6.07) is 8.15. The molecule has 14 heavy (non-hydrogen) atoms. The molecule has 0 bridgehead atoms. The van der Waals surface area contributed by atoms with Crippen molar-refractivity contribution in [1.29, 1.82) is 5.41 Å². The van der Waals surface area contributed by atoms with E-state index in [-0.39, 0.29) is 5.84 Å². The molecule has 0 unspecified atom stereocenters. The van der Waals surface area contributed by atoms with Crippen molar-refractivity contribution in [1.82, 2.24) is 0 Å². The van der Waals surface area contributed by atoms with Crippen molar-refractivity contribution >= 4 is 33.5 Å². The summed E-state index contributed by atoms with van der Waals surface area (Å²) < 4.78 is 1.13. The van der Waals surface area contributed by atoms with Crippen LogP contribution in [-0.2, 0) is 0 Å². The highest BCUT2D eigenvalue weighted by Crippen LogP contribution is 2.27. The quantitative estimate of drug-likeness (QED) is 0.374. The molecule has 0 aliphatic rings. The summed E-state index contributed by atoms with van der Waals surface area (Å²) in [5.74, 6) is 1.28. The lowest BCUT2D eigenvalue weighted by atomic mass is 10.3. The van der Waals surface area contributed by atoms with Gasteiger partial charge in [-0.2, -0.15) is 0 Å². The fraction of sp³-hybridized carbons (Fsp3) is 0.300. The van der Waals surface area contributed by atoms with Gasteiger partial charge in [0, 0.05) is 15.8 Å². The van der Waals surface area contributed by atoms with Crippen molar-refractivity contribution in [3.05, 3.63) is 28.7 Å². The van der Waals surface area contributed by atoms with Gasteiger partial charge in [0.25, 0.3) is 0 Å². The van der Waals surface area contributed by atoms with E-state index in [1.54, 1.807) is 11.8 Å². The van der Waals surface area contributed by atoms with Crippen LogP contribution in [0.25, 0.3) is 0 Å². The van der Waals surface area contributed by atoms with Crippen molar-refractivity contribution < 1.29 is 0 Å². The number of nitrogens with two attached hydrogens (primary N) is 1. The van der Waals surface area contributed by atoms with E-state index < -0.39 is 0 Å². The van der Waals surface area contributed by atoms with Crippen LogP contribution in [0, 0.1) is 5.41 Å². The Hall–Kier alpha value is -0.480. The molecule has 0 radical (unpaired) electrons. The molecule has 1 rings (SSSR count). The van der Waals surface area contributed by atoms with Gasteiger partial charge >= 0.3 is 0 Å². The molecule has 76 valence electrons. The Morgan fingerprint density at radius 3 is 2.79 bits per heavy atom. The van der Waals surface area contributed by atoms with E-state index in [2.05, 4.69) is 22.0 Å². The minimum atomic E-state index is 0.276. The molecule has 1 aromatic rings. The van der Waals surface area contributed by atoms with E-state index in [0.717, 1.165) is 16.6 Å². The average molecular weight is 273 g/mol. The van der Waals surface area contributed by atoms with Gasteiger partial charge in [-0.25, -0.2) is 0 Å². The van der Waals surface area contributed by atoms with E-state index in [1.165, 1.54) is 4.90 Å². The van der Waals surface area contributed by atoms with Crippen LogP contribution < -0.4 is 5.73 Å². The zero-order valence-electron chi connectivity index (χ0n) is 7.79.